The average molecular weight is 245 g/mol. The quantitative estimate of drug-likeness (QED) is 0.591. The summed E-state index contributed by atoms with van der Waals surface area (Å²) in [7, 11) is 0. The fraction of sp³-hybridized carbons (Fsp3) is 0.111. The van der Waals surface area contributed by atoms with Crippen LogP contribution < -0.4 is 0 Å². The van der Waals surface area contributed by atoms with Gasteiger partial charge in [0.05, 0.1) is 5.52 Å². The summed E-state index contributed by atoms with van der Waals surface area (Å²) in [6.07, 6.45) is 8.96. The molecule has 0 N–H and O–H groups in total. The van der Waals surface area contributed by atoms with E-state index in [9.17, 15) is 0 Å². The van der Waals surface area contributed by atoms with Crippen LogP contribution >= 0.6 is 0 Å². The second-order valence-electron chi connectivity index (χ2n) is 5.03. The largest absolute Gasteiger partial charge is 0.316 e. The average Bonchev–Trinajstić information content (AvgIpc) is 2.90. The molecule has 0 saturated carbocycles. The van der Waals surface area contributed by atoms with Gasteiger partial charge in [-0.25, -0.2) is 0 Å². The standard InChI is InChI=1S/C18H15N/c1-3-9-16-14(6-1)8-5-11-18(16)19-13-12-15-7-2-4-10-17(15)19/h1-2,4-8,10-13H,3,9H2. The van der Waals surface area contributed by atoms with Gasteiger partial charge in [-0.2, -0.15) is 0 Å². The van der Waals surface area contributed by atoms with Crippen LogP contribution in [0.25, 0.3) is 22.7 Å². The van der Waals surface area contributed by atoms with E-state index in [4.69, 9.17) is 0 Å². The van der Waals surface area contributed by atoms with Crippen LogP contribution in [0, 0.1) is 0 Å². The zero-order valence-corrected chi connectivity index (χ0v) is 10.7. The Morgan fingerprint density at radius 3 is 2.84 bits per heavy atom. The minimum Gasteiger partial charge on any atom is -0.316 e. The molecule has 0 fully saturated rings. The Hall–Kier alpha value is -2.28. The Labute approximate surface area is 112 Å². The summed E-state index contributed by atoms with van der Waals surface area (Å²) in [6, 6.07) is 17.3. The van der Waals surface area contributed by atoms with Crippen molar-refractivity contribution in [3.05, 3.63) is 71.9 Å². The van der Waals surface area contributed by atoms with Gasteiger partial charge in [0.15, 0.2) is 0 Å². The summed E-state index contributed by atoms with van der Waals surface area (Å²) in [5.41, 5.74) is 5.43. The lowest BCUT2D eigenvalue weighted by Crippen LogP contribution is -2.02. The van der Waals surface area contributed by atoms with Crippen molar-refractivity contribution >= 4 is 17.0 Å². The molecule has 92 valence electrons. The van der Waals surface area contributed by atoms with Crippen molar-refractivity contribution < 1.29 is 0 Å². The molecule has 0 saturated heterocycles. The van der Waals surface area contributed by atoms with E-state index in [1.807, 2.05) is 0 Å². The molecule has 2 aromatic carbocycles. The third-order valence-corrected chi connectivity index (χ3v) is 3.90. The monoisotopic (exact) mass is 245 g/mol. The SMILES string of the molecule is C1=Cc2cccc(-n3ccc4ccccc43)c2CC1. The predicted molar refractivity (Wildman–Crippen MR) is 80.6 cm³/mol. The molecule has 1 heteroatoms. The van der Waals surface area contributed by atoms with Gasteiger partial charge < -0.3 is 4.57 Å². The first-order valence-corrected chi connectivity index (χ1v) is 6.78. The summed E-state index contributed by atoms with van der Waals surface area (Å²) in [5.74, 6) is 0. The summed E-state index contributed by atoms with van der Waals surface area (Å²) in [5, 5.41) is 1.30. The molecule has 4 rings (SSSR count). The van der Waals surface area contributed by atoms with Crippen molar-refractivity contribution in [2.75, 3.05) is 0 Å². The lowest BCUT2D eigenvalue weighted by atomic mass is 9.95. The number of fused-ring (bicyclic) bond motifs is 2. The molecule has 0 aliphatic heterocycles. The van der Waals surface area contributed by atoms with E-state index in [2.05, 4.69) is 71.4 Å². The summed E-state index contributed by atoms with van der Waals surface area (Å²) in [4.78, 5) is 0. The van der Waals surface area contributed by atoms with Gasteiger partial charge in [0.25, 0.3) is 0 Å². The van der Waals surface area contributed by atoms with Gasteiger partial charge in [-0.15, -0.1) is 0 Å². The van der Waals surface area contributed by atoms with E-state index in [1.54, 1.807) is 0 Å². The van der Waals surface area contributed by atoms with Gasteiger partial charge in [0.1, 0.15) is 0 Å². The molecule has 1 aromatic heterocycles. The van der Waals surface area contributed by atoms with Crippen LogP contribution in [0.4, 0.5) is 0 Å². The number of allylic oxidation sites excluding steroid dienone is 1. The molecule has 19 heavy (non-hydrogen) atoms. The van der Waals surface area contributed by atoms with E-state index in [1.165, 1.54) is 27.7 Å². The molecular weight excluding hydrogens is 230 g/mol. The zero-order chi connectivity index (χ0) is 12.7. The molecule has 0 unspecified atom stereocenters. The zero-order valence-electron chi connectivity index (χ0n) is 10.7. The Morgan fingerprint density at radius 1 is 0.895 bits per heavy atom. The van der Waals surface area contributed by atoms with Gasteiger partial charge in [-0.1, -0.05) is 42.5 Å². The minimum atomic E-state index is 1.13. The molecule has 1 nitrogen and oxygen atoms in total. The summed E-state index contributed by atoms with van der Waals surface area (Å²) in [6.45, 7) is 0. The number of rotatable bonds is 1. The third kappa shape index (κ3) is 1.62. The van der Waals surface area contributed by atoms with Gasteiger partial charge in [0.2, 0.25) is 0 Å². The van der Waals surface area contributed by atoms with E-state index < -0.39 is 0 Å². The maximum Gasteiger partial charge on any atom is 0.0528 e. The van der Waals surface area contributed by atoms with Crippen LogP contribution in [0.5, 0.6) is 0 Å². The van der Waals surface area contributed by atoms with Crippen LogP contribution in [-0.4, -0.2) is 4.57 Å². The first kappa shape index (κ1) is 10.6. The van der Waals surface area contributed by atoms with Gasteiger partial charge in [0, 0.05) is 11.9 Å². The van der Waals surface area contributed by atoms with Gasteiger partial charge >= 0.3 is 0 Å². The van der Waals surface area contributed by atoms with Crippen molar-refractivity contribution in [3.8, 4) is 5.69 Å². The fourth-order valence-corrected chi connectivity index (χ4v) is 2.98. The molecule has 0 bridgehead atoms. The molecular formula is C18H15N. The topological polar surface area (TPSA) is 4.93 Å². The summed E-state index contributed by atoms with van der Waals surface area (Å²) < 4.78 is 2.31. The smallest absolute Gasteiger partial charge is 0.0528 e. The first-order chi connectivity index (χ1) is 9.43. The highest BCUT2D eigenvalue weighted by molar-refractivity contribution is 5.82. The lowest BCUT2D eigenvalue weighted by Gasteiger charge is -2.17. The number of aromatic nitrogens is 1. The Morgan fingerprint density at radius 2 is 1.84 bits per heavy atom. The molecule has 0 radical (unpaired) electrons. The van der Waals surface area contributed by atoms with E-state index in [0.717, 1.165) is 12.8 Å². The van der Waals surface area contributed by atoms with E-state index >= 15 is 0 Å². The van der Waals surface area contributed by atoms with Crippen LogP contribution in [0.1, 0.15) is 17.5 Å². The molecule has 0 atom stereocenters. The number of para-hydroxylation sites is 1. The molecule has 0 spiro atoms. The number of benzene rings is 2. The highest BCUT2D eigenvalue weighted by Gasteiger charge is 2.12. The van der Waals surface area contributed by atoms with Crippen molar-refractivity contribution in [2.24, 2.45) is 0 Å². The van der Waals surface area contributed by atoms with Crippen molar-refractivity contribution in [2.45, 2.75) is 12.8 Å². The molecule has 0 amide bonds. The Kier molecular flexibility index (Phi) is 2.31. The first-order valence-electron chi connectivity index (χ1n) is 6.78. The van der Waals surface area contributed by atoms with Crippen molar-refractivity contribution in [1.29, 1.82) is 0 Å². The highest BCUT2D eigenvalue weighted by Crippen LogP contribution is 2.28. The van der Waals surface area contributed by atoms with E-state index in [-0.39, 0.29) is 0 Å². The normalized spacial score (nSPS) is 13.7. The molecule has 1 aliphatic rings. The number of nitrogens with zero attached hydrogens (tertiary/aromatic N) is 1. The van der Waals surface area contributed by atoms with Gasteiger partial charge in [-0.3, -0.25) is 0 Å². The molecule has 3 aromatic rings. The second kappa shape index (κ2) is 4.13. The summed E-state index contributed by atoms with van der Waals surface area (Å²) >= 11 is 0. The van der Waals surface area contributed by atoms with Crippen LogP contribution in [0.3, 0.4) is 0 Å². The Bertz CT molecular complexity index is 777. The lowest BCUT2D eigenvalue weighted by molar-refractivity contribution is 0.954. The van der Waals surface area contributed by atoms with Crippen molar-refractivity contribution in [3.63, 3.8) is 0 Å². The maximum atomic E-state index is 2.31. The highest BCUT2D eigenvalue weighted by atomic mass is 15.0. The molecule has 1 heterocycles. The van der Waals surface area contributed by atoms with Crippen LogP contribution in [0.15, 0.2) is 60.8 Å². The molecule has 1 aliphatic carbocycles. The van der Waals surface area contributed by atoms with Crippen molar-refractivity contribution in [1.82, 2.24) is 4.57 Å². The number of hydrogen-bond donors (Lipinski definition) is 0. The predicted octanol–water partition coefficient (Wildman–Crippen LogP) is 4.59. The van der Waals surface area contributed by atoms with Crippen LogP contribution in [0.2, 0.25) is 0 Å². The second-order valence-corrected chi connectivity index (χ2v) is 5.03. The Balaban J connectivity index is 2.00. The third-order valence-electron chi connectivity index (χ3n) is 3.90. The van der Waals surface area contributed by atoms with Crippen LogP contribution in [-0.2, 0) is 6.42 Å². The maximum absolute atomic E-state index is 2.31. The fourth-order valence-electron chi connectivity index (χ4n) is 2.98. The van der Waals surface area contributed by atoms with E-state index in [0.29, 0.717) is 0 Å². The minimum absolute atomic E-state index is 1.13. The number of hydrogen-bond acceptors (Lipinski definition) is 0. The van der Waals surface area contributed by atoms with Gasteiger partial charge in [-0.05, 0) is 47.6 Å².